The molecule has 1 unspecified atom stereocenters. The van der Waals surface area contributed by atoms with E-state index in [1.165, 1.54) is 0 Å². The summed E-state index contributed by atoms with van der Waals surface area (Å²) in [6.07, 6.45) is 2.04. The van der Waals surface area contributed by atoms with Crippen LogP contribution in [0.1, 0.15) is 22.9 Å². The Labute approximate surface area is 204 Å². The summed E-state index contributed by atoms with van der Waals surface area (Å²) < 4.78 is 18.3. The molecule has 1 N–H and O–H groups in total. The summed E-state index contributed by atoms with van der Waals surface area (Å²) in [5.74, 6) is 1.91. The maximum atomic E-state index is 13.8. The Hall–Kier alpha value is -4.39. The molecule has 7 heteroatoms. The van der Waals surface area contributed by atoms with Crippen LogP contribution in [0.3, 0.4) is 0 Å². The van der Waals surface area contributed by atoms with Gasteiger partial charge in [0.2, 0.25) is 0 Å². The standard InChI is InChI=1S/C28H27N3O4/c1-33-22-13-10-19(11-14-22)27-24-9-6-16-30(24)23-8-5-4-7-20(23)18-31(27)28(32)29-21-12-15-25(34-2)26(17-21)35-3/h4-17,27H,18H2,1-3H3,(H,29,32). The summed E-state index contributed by atoms with van der Waals surface area (Å²) in [5, 5.41) is 3.06. The first-order valence-corrected chi connectivity index (χ1v) is 11.3. The van der Waals surface area contributed by atoms with Crippen molar-refractivity contribution in [3.05, 3.63) is 102 Å². The maximum absolute atomic E-state index is 13.8. The predicted octanol–water partition coefficient (Wildman–Crippen LogP) is 5.64. The highest BCUT2D eigenvalue weighted by Crippen LogP contribution is 2.38. The van der Waals surface area contributed by atoms with Crippen LogP contribution in [0.15, 0.2) is 85.1 Å². The topological polar surface area (TPSA) is 65.0 Å². The number of para-hydroxylation sites is 1. The lowest BCUT2D eigenvalue weighted by Crippen LogP contribution is -2.37. The van der Waals surface area contributed by atoms with Crippen molar-refractivity contribution in [2.75, 3.05) is 26.6 Å². The molecule has 1 aromatic heterocycles. The third-order valence-electron chi connectivity index (χ3n) is 6.29. The lowest BCUT2D eigenvalue weighted by molar-refractivity contribution is 0.194. The fraction of sp³-hybridized carbons (Fsp3) is 0.179. The van der Waals surface area contributed by atoms with Crippen LogP contribution in [-0.4, -0.2) is 36.8 Å². The molecule has 0 fully saturated rings. The molecule has 7 nitrogen and oxygen atoms in total. The van der Waals surface area contributed by atoms with Gasteiger partial charge in [0, 0.05) is 23.6 Å². The van der Waals surface area contributed by atoms with Crippen molar-refractivity contribution in [3.8, 4) is 22.9 Å². The number of anilines is 1. The van der Waals surface area contributed by atoms with Crippen LogP contribution in [0.2, 0.25) is 0 Å². The Bertz CT molecular complexity index is 1350. The zero-order chi connectivity index (χ0) is 24.4. The average molecular weight is 470 g/mol. The molecule has 1 aliphatic rings. The Morgan fingerprint density at radius 3 is 2.37 bits per heavy atom. The van der Waals surface area contributed by atoms with Crippen molar-refractivity contribution in [2.24, 2.45) is 0 Å². The van der Waals surface area contributed by atoms with Crippen LogP contribution in [-0.2, 0) is 6.54 Å². The van der Waals surface area contributed by atoms with Gasteiger partial charge in [-0.05, 0) is 53.6 Å². The number of hydrogen-bond acceptors (Lipinski definition) is 4. The summed E-state index contributed by atoms with van der Waals surface area (Å²) in [6.45, 7) is 0.438. The second-order valence-corrected chi connectivity index (χ2v) is 8.24. The number of carbonyl (C=O) groups is 1. The molecule has 0 saturated carbocycles. The van der Waals surface area contributed by atoms with Crippen LogP contribution < -0.4 is 19.5 Å². The summed E-state index contributed by atoms with van der Waals surface area (Å²) in [5.41, 5.74) is 4.73. The summed E-state index contributed by atoms with van der Waals surface area (Å²) in [6, 6.07) is 24.9. The minimum atomic E-state index is -0.316. The zero-order valence-corrected chi connectivity index (χ0v) is 19.9. The lowest BCUT2D eigenvalue weighted by atomic mass is 10.0. The monoisotopic (exact) mass is 469 g/mol. The SMILES string of the molecule is COc1ccc(C2c3cccn3-c3ccccc3CN2C(=O)Nc2ccc(OC)c(OC)c2)cc1. The minimum Gasteiger partial charge on any atom is -0.497 e. The van der Waals surface area contributed by atoms with Crippen molar-refractivity contribution in [2.45, 2.75) is 12.6 Å². The Kier molecular flexibility index (Phi) is 6.06. The van der Waals surface area contributed by atoms with E-state index in [2.05, 4.69) is 28.1 Å². The number of ether oxygens (including phenoxy) is 3. The van der Waals surface area contributed by atoms with Crippen molar-refractivity contribution in [1.29, 1.82) is 0 Å². The van der Waals surface area contributed by atoms with Crippen LogP contribution in [0.4, 0.5) is 10.5 Å². The van der Waals surface area contributed by atoms with Gasteiger partial charge in [-0.25, -0.2) is 4.79 Å². The quantitative estimate of drug-likeness (QED) is 0.411. The molecule has 178 valence electrons. The second kappa shape index (κ2) is 9.46. The molecule has 4 aromatic rings. The van der Waals surface area contributed by atoms with Gasteiger partial charge in [-0.3, -0.25) is 0 Å². The molecule has 2 heterocycles. The second-order valence-electron chi connectivity index (χ2n) is 8.24. The van der Waals surface area contributed by atoms with Crippen molar-refractivity contribution < 1.29 is 19.0 Å². The number of amides is 2. The van der Waals surface area contributed by atoms with Crippen LogP contribution in [0, 0.1) is 0 Å². The van der Waals surface area contributed by atoms with Crippen LogP contribution >= 0.6 is 0 Å². The highest BCUT2D eigenvalue weighted by molar-refractivity contribution is 5.90. The van der Waals surface area contributed by atoms with Gasteiger partial charge in [-0.15, -0.1) is 0 Å². The van der Waals surface area contributed by atoms with Crippen molar-refractivity contribution in [3.63, 3.8) is 0 Å². The number of urea groups is 1. The minimum absolute atomic E-state index is 0.220. The smallest absolute Gasteiger partial charge is 0.322 e. The van der Waals surface area contributed by atoms with Gasteiger partial charge in [-0.1, -0.05) is 30.3 Å². The number of methoxy groups -OCH3 is 3. The Morgan fingerprint density at radius 2 is 1.63 bits per heavy atom. The fourth-order valence-corrected chi connectivity index (χ4v) is 4.59. The van der Waals surface area contributed by atoms with Gasteiger partial charge in [0.15, 0.2) is 11.5 Å². The number of benzene rings is 3. The van der Waals surface area contributed by atoms with E-state index in [9.17, 15) is 4.79 Å². The van der Waals surface area contributed by atoms with Gasteiger partial charge < -0.3 is 29.0 Å². The summed E-state index contributed by atoms with van der Waals surface area (Å²) in [4.78, 5) is 15.7. The van der Waals surface area contributed by atoms with E-state index in [4.69, 9.17) is 14.2 Å². The fourth-order valence-electron chi connectivity index (χ4n) is 4.59. The third kappa shape index (κ3) is 4.17. The van der Waals surface area contributed by atoms with Gasteiger partial charge >= 0.3 is 6.03 Å². The molecule has 0 spiro atoms. The van der Waals surface area contributed by atoms with Gasteiger partial charge in [0.25, 0.3) is 0 Å². The molecule has 1 atom stereocenters. The first kappa shape index (κ1) is 22.4. The molecule has 2 amide bonds. The number of aromatic nitrogens is 1. The predicted molar refractivity (Wildman–Crippen MR) is 135 cm³/mol. The van der Waals surface area contributed by atoms with E-state index >= 15 is 0 Å². The molecule has 35 heavy (non-hydrogen) atoms. The number of fused-ring (bicyclic) bond motifs is 3. The summed E-state index contributed by atoms with van der Waals surface area (Å²) >= 11 is 0. The van der Waals surface area contributed by atoms with E-state index in [1.54, 1.807) is 39.5 Å². The van der Waals surface area contributed by atoms with E-state index in [-0.39, 0.29) is 12.1 Å². The zero-order valence-electron chi connectivity index (χ0n) is 19.9. The lowest BCUT2D eigenvalue weighted by Gasteiger charge is -2.31. The first-order valence-electron chi connectivity index (χ1n) is 11.3. The summed E-state index contributed by atoms with van der Waals surface area (Å²) in [7, 11) is 4.80. The van der Waals surface area contributed by atoms with Gasteiger partial charge in [-0.2, -0.15) is 0 Å². The molecule has 1 aliphatic heterocycles. The van der Waals surface area contributed by atoms with E-state index in [1.807, 2.05) is 53.6 Å². The number of rotatable bonds is 5. The Morgan fingerprint density at radius 1 is 0.857 bits per heavy atom. The van der Waals surface area contributed by atoms with Gasteiger partial charge in [0.1, 0.15) is 5.75 Å². The Balaban J connectivity index is 1.58. The highest BCUT2D eigenvalue weighted by Gasteiger charge is 2.33. The van der Waals surface area contributed by atoms with Crippen LogP contribution in [0.25, 0.3) is 5.69 Å². The maximum Gasteiger partial charge on any atom is 0.322 e. The molecule has 5 rings (SSSR count). The molecule has 0 bridgehead atoms. The molecule has 3 aromatic carbocycles. The van der Waals surface area contributed by atoms with Crippen molar-refractivity contribution in [1.82, 2.24) is 9.47 Å². The van der Waals surface area contributed by atoms with Gasteiger partial charge in [0.05, 0.1) is 39.6 Å². The number of nitrogens with one attached hydrogen (secondary N) is 1. The molecular formula is C28H27N3O4. The average Bonchev–Trinajstić information content (AvgIpc) is 3.33. The van der Waals surface area contributed by atoms with E-state index in [0.29, 0.717) is 23.7 Å². The number of hydrogen-bond donors (Lipinski definition) is 1. The van der Waals surface area contributed by atoms with E-state index < -0.39 is 0 Å². The number of nitrogens with zero attached hydrogens (tertiary/aromatic N) is 2. The first-order chi connectivity index (χ1) is 17.1. The van der Waals surface area contributed by atoms with Crippen LogP contribution in [0.5, 0.6) is 17.2 Å². The molecule has 0 radical (unpaired) electrons. The largest absolute Gasteiger partial charge is 0.497 e. The molecule has 0 aliphatic carbocycles. The third-order valence-corrected chi connectivity index (χ3v) is 6.29. The normalized spacial score (nSPS) is 14.4. The number of carbonyl (C=O) groups excluding carboxylic acids is 1. The van der Waals surface area contributed by atoms with E-state index in [0.717, 1.165) is 28.3 Å². The molecule has 0 saturated heterocycles. The molecular weight excluding hydrogens is 442 g/mol. The van der Waals surface area contributed by atoms with Crippen molar-refractivity contribution >= 4 is 11.7 Å². The highest BCUT2D eigenvalue weighted by atomic mass is 16.5.